The highest BCUT2D eigenvalue weighted by molar-refractivity contribution is 4.95. The predicted octanol–water partition coefficient (Wildman–Crippen LogP) is 1.86. The Bertz CT molecular complexity index is 221. The maximum absolute atomic E-state index is 3.94. The van der Waals surface area contributed by atoms with Gasteiger partial charge in [-0.15, -0.1) is 0 Å². The molecule has 1 aliphatic heterocycles. The smallest absolute Gasteiger partial charge is 0.0101 e. The molecule has 1 heterocycles. The average Bonchev–Trinajstić information content (AvgIpc) is 2.83. The predicted molar refractivity (Wildman–Crippen MR) is 62.9 cm³/mol. The Kier molecular flexibility index (Phi) is 2.73. The van der Waals surface area contributed by atoms with E-state index in [0.717, 1.165) is 23.9 Å². The number of fused-ring (bicyclic) bond motifs is 2. The van der Waals surface area contributed by atoms with Crippen LogP contribution in [0.5, 0.6) is 0 Å². The van der Waals surface area contributed by atoms with Crippen LogP contribution in [-0.2, 0) is 0 Å². The van der Waals surface area contributed by atoms with E-state index in [2.05, 4.69) is 17.3 Å². The van der Waals surface area contributed by atoms with Crippen LogP contribution >= 0.6 is 0 Å². The lowest BCUT2D eigenvalue weighted by Crippen LogP contribution is -2.46. The first-order valence-electron chi connectivity index (χ1n) is 6.76. The van der Waals surface area contributed by atoms with E-state index in [1.807, 2.05) is 0 Å². The summed E-state index contributed by atoms with van der Waals surface area (Å²) >= 11 is 0. The van der Waals surface area contributed by atoms with E-state index in [0.29, 0.717) is 0 Å². The molecular weight excluding hydrogens is 184 g/mol. The van der Waals surface area contributed by atoms with Crippen molar-refractivity contribution in [2.75, 3.05) is 20.1 Å². The van der Waals surface area contributed by atoms with Gasteiger partial charge in [-0.2, -0.15) is 0 Å². The third-order valence-corrected chi connectivity index (χ3v) is 4.91. The van der Waals surface area contributed by atoms with Gasteiger partial charge in [-0.1, -0.05) is 6.42 Å². The summed E-state index contributed by atoms with van der Waals surface area (Å²) in [5.74, 6) is 2.12. The van der Waals surface area contributed by atoms with Crippen molar-refractivity contribution in [3.05, 3.63) is 0 Å². The molecule has 2 aliphatic carbocycles. The minimum Gasteiger partial charge on any atom is -0.311 e. The molecule has 86 valence electrons. The largest absolute Gasteiger partial charge is 0.311 e. The first-order valence-corrected chi connectivity index (χ1v) is 6.76. The Labute approximate surface area is 93.4 Å². The lowest BCUT2D eigenvalue weighted by Gasteiger charge is -2.34. The third-order valence-electron chi connectivity index (χ3n) is 4.91. The molecule has 0 aromatic carbocycles. The fraction of sp³-hybridized carbons (Fsp3) is 1.00. The molecule has 0 radical (unpaired) electrons. The Hall–Kier alpha value is -0.0800. The fourth-order valence-electron chi connectivity index (χ4n) is 3.93. The van der Waals surface area contributed by atoms with Crippen molar-refractivity contribution >= 4 is 0 Å². The van der Waals surface area contributed by atoms with Crippen molar-refractivity contribution in [1.29, 1.82) is 0 Å². The van der Waals surface area contributed by atoms with Crippen LogP contribution in [0.15, 0.2) is 0 Å². The molecule has 0 unspecified atom stereocenters. The molecule has 2 saturated carbocycles. The van der Waals surface area contributed by atoms with Crippen LogP contribution < -0.4 is 5.32 Å². The summed E-state index contributed by atoms with van der Waals surface area (Å²) in [6.45, 7) is 2.58. The number of nitrogens with zero attached hydrogens (tertiary/aromatic N) is 1. The summed E-state index contributed by atoms with van der Waals surface area (Å²) < 4.78 is 0. The van der Waals surface area contributed by atoms with E-state index in [9.17, 15) is 0 Å². The molecule has 0 aromatic heterocycles. The van der Waals surface area contributed by atoms with Gasteiger partial charge in [0.05, 0.1) is 0 Å². The van der Waals surface area contributed by atoms with Gasteiger partial charge in [-0.25, -0.2) is 0 Å². The van der Waals surface area contributed by atoms with Crippen LogP contribution in [0.25, 0.3) is 0 Å². The number of likely N-dealkylation sites (tertiary alicyclic amines) is 1. The molecule has 1 N–H and O–H groups in total. The van der Waals surface area contributed by atoms with Gasteiger partial charge < -0.3 is 10.2 Å². The summed E-state index contributed by atoms with van der Waals surface area (Å²) in [4.78, 5) is 2.46. The standard InChI is InChI=1S/C13H24N2/c1-15-6-4-12(5-7-15)14-13-9-10-2-3-11(13)8-10/h10-14H,2-9H2,1H3/t10-,11+,13-/m0/s1. The van der Waals surface area contributed by atoms with E-state index in [1.165, 1.54) is 51.6 Å². The van der Waals surface area contributed by atoms with Gasteiger partial charge >= 0.3 is 0 Å². The van der Waals surface area contributed by atoms with Crippen LogP contribution in [0, 0.1) is 11.8 Å². The van der Waals surface area contributed by atoms with Gasteiger partial charge in [0.2, 0.25) is 0 Å². The van der Waals surface area contributed by atoms with Crippen LogP contribution in [0.2, 0.25) is 0 Å². The second kappa shape index (κ2) is 4.06. The zero-order chi connectivity index (χ0) is 10.3. The Balaban J connectivity index is 1.49. The fourth-order valence-corrected chi connectivity index (χ4v) is 3.93. The molecule has 3 aliphatic rings. The SMILES string of the molecule is CN1CCC(N[C@H]2C[C@H]3CC[C@@H]2C3)CC1. The van der Waals surface area contributed by atoms with Crippen molar-refractivity contribution in [3.63, 3.8) is 0 Å². The quantitative estimate of drug-likeness (QED) is 0.745. The van der Waals surface area contributed by atoms with Gasteiger partial charge in [0.25, 0.3) is 0 Å². The first-order chi connectivity index (χ1) is 7.31. The molecule has 0 aromatic rings. The molecule has 3 fully saturated rings. The molecule has 2 nitrogen and oxygen atoms in total. The number of rotatable bonds is 2. The number of nitrogens with one attached hydrogen (secondary N) is 1. The summed E-state index contributed by atoms with van der Waals surface area (Å²) in [7, 11) is 2.24. The summed E-state index contributed by atoms with van der Waals surface area (Å²) in [6.07, 6.45) is 8.78. The van der Waals surface area contributed by atoms with E-state index >= 15 is 0 Å². The highest BCUT2D eigenvalue weighted by atomic mass is 15.1. The normalized spacial score (nSPS) is 42.6. The highest BCUT2D eigenvalue weighted by Crippen LogP contribution is 2.44. The van der Waals surface area contributed by atoms with Gasteiger partial charge in [0.1, 0.15) is 0 Å². The molecule has 0 amide bonds. The Morgan fingerprint density at radius 2 is 1.80 bits per heavy atom. The second-order valence-electron chi connectivity index (χ2n) is 6.03. The van der Waals surface area contributed by atoms with E-state index in [-0.39, 0.29) is 0 Å². The van der Waals surface area contributed by atoms with E-state index in [1.54, 1.807) is 0 Å². The van der Waals surface area contributed by atoms with Gasteiger partial charge in [-0.3, -0.25) is 0 Å². The van der Waals surface area contributed by atoms with E-state index < -0.39 is 0 Å². The zero-order valence-corrected chi connectivity index (χ0v) is 9.91. The molecular formula is C13H24N2. The summed E-state index contributed by atoms with van der Waals surface area (Å²) in [6, 6.07) is 1.71. The molecule has 0 spiro atoms. The third kappa shape index (κ3) is 2.07. The van der Waals surface area contributed by atoms with Crippen molar-refractivity contribution in [1.82, 2.24) is 10.2 Å². The van der Waals surface area contributed by atoms with Gasteiger partial charge in [0.15, 0.2) is 0 Å². The minimum atomic E-state index is 0.825. The maximum atomic E-state index is 3.94. The average molecular weight is 208 g/mol. The van der Waals surface area contributed by atoms with Crippen LogP contribution in [0.4, 0.5) is 0 Å². The molecule has 2 heteroatoms. The van der Waals surface area contributed by atoms with Crippen molar-refractivity contribution < 1.29 is 0 Å². The Morgan fingerprint density at radius 1 is 1.00 bits per heavy atom. The topological polar surface area (TPSA) is 15.3 Å². The van der Waals surface area contributed by atoms with Crippen LogP contribution in [0.1, 0.15) is 38.5 Å². The molecule has 2 bridgehead atoms. The summed E-state index contributed by atoms with van der Waals surface area (Å²) in [5.41, 5.74) is 0. The molecule has 1 saturated heterocycles. The molecule has 3 rings (SSSR count). The number of piperidine rings is 1. The monoisotopic (exact) mass is 208 g/mol. The second-order valence-corrected chi connectivity index (χ2v) is 6.03. The Morgan fingerprint density at radius 3 is 2.40 bits per heavy atom. The van der Waals surface area contributed by atoms with E-state index in [4.69, 9.17) is 0 Å². The minimum absolute atomic E-state index is 0.825. The van der Waals surface area contributed by atoms with Crippen molar-refractivity contribution in [3.8, 4) is 0 Å². The maximum Gasteiger partial charge on any atom is 0.0101 e. The molecule has 3 atom stereocenters. The number of hydrogen-bond acceptors (Lipinski definition) is 2. The summed E-state index contributed by atoms with van der Waals surface area (Å²) in [5, 5.41) is 3.94. The lowest BCUT2D eigenvalue weighted by atomic mass is 9.93. The van der Waals surface area contributed by atoms with Gasteiger partial charge in [0, 0.05) is 12.1 Å². The zero-order valence-electron chi connectivity index (χ0n) is 9.91. The highest BCUT2D eigenvalue weighted by Gasteiger charge is 2.40. The van der Waals surface area contributed by atoms with Crippen LogP contribution in [-0.4, -0.2) is 37.1 Å². The van der Waals surface area contributed by atoms with Crippen molar-refractivity contribution in [2.24, 2.45) is 11.8 Å². The number of hydrogen-bond donors (Lipinski definition) is 1. The lowest BCUT2D eigenvalue weighted by molar-refractivity contribution is 0.209. The first kappa shape index (κ1) is 10.1. The van der Waals surface area contributed by atoms with Crippen LogP contribution in [0.3, 0.4) is 0 Å². The molecule has 15 heavy (non-hydrogen) atoms. The van der Waals surface area contributed by atoms with Crippen molar-refractivity contribution in [2.45, 2.75) is 50.6 Å². The van der Waals surface area contributed by atoms with Gasteiger partial charge in [-0.05, 0) is 64.1 Å².